The van der Waals surface area contributed by atoms with Gasteiger partial charge >= 0.3 is 5.69 Å². The fourth-order valence-corrected chi connectivity index (χ4v) is 3.23. The molecule has 2 aromatic heterocycles. The number of hydrogen-bond acceptors (Lipinski definition) is 6. The minimum atomic E-state index is -0.729. The summed E-state index contributed by atoms with van der Waals surface area (Å²) in [5.74, 6) is 0.472. The van der Waals surface area contributed by atoms with E-state index in [1.165, 1.54) is 19.1 Å². The first-order chi connectivity index (χ1) is 13.3. The van der Waals surface area contributed by atoms with Crippen molar-refractivity contribution < 1.29 is 4.74 Å². The topological polar surface area (TPSA) is 123 Å². The molecule has 0 aliphatic heterocycles. The highest BCUT2D eigenvalue weighted by Gasteiger charge is 2.27. The molecular weight excluding hydrogens is 409 g/mol. The van der Waals surface area contributed by atoms with Crippen LogP contribution >= 0.6 is 23.2 Å². The number of halogens is 2. The first-order valence-electron chi connectivity index (χ1n) is 8.30. The number of aromatic amines is 2. The van der Waals surface area contributed by atoms with E-state index >= 15 is 0 Å². The quantitative estimate of drug-likeness (QED) is 0.665. The van der Waals surface area contributed by atoms with Crippen LogP contribution < -0.4 is 21.5 Å². The van der Waals surface area contributed by atoms with Crippen LogP contribution in [0.5, 0.6) is 11.6 Å². The number of nitrogens with one attached hydrogen (secondary N) is 2. The Hall–Kier alpha value is -2.91. The molecule has 28 heavy (non-hydrogen) atoms. The minimum absolute atomic E-state index is 0.0982. The van der Waals surface area contributed by atoms with Gasteiger partial charge in [-0.05, 0) is 37.8 Å². The van der Waals surface area contributed by atoms with Crippen molar-refractivity contribution in [3.8, 4) is 17.3 Å². The number of ether oxygens (including phenoxy) is 1. The first-order valence-corrected chi connectivity index (χ1v) is 9.06. The number of aromatic nitrogens is 5. The zero-order chi connectivity index (χ0) is 20.0. The Kier molecular flexibility index (Phi) is 4.56. The Labute approximate surface area is 166 Å². The van der Waals surface area contributed by atoms with Crippen molar-refractivity contribution in [2.24, 2.45) is 0 Å². The maximum absolute atomic E-state index is 12.0. The predicted octanol–water partition coefficient (Wildman–Crippen LogP) is 2.29. The van der Waals surface area contributed by atoms with Gasteiger partial charge in [0.25, 0.3) is 11.1 Å². The van der Waals surface area contributed by atoms with Crippen LogP contribution in [-0.2, 0) is 0 Å². The molecule has 0 atom stereocenters. The molecule has 2 N–H and O–H groups in total. The molecule has 0 amide bonds. The lowest BCUT2D eigenvalue weighted by molar-refractivity contribution is 0.453. The molecule has 9 nitrogen and oxygen atoms in total. The Bertz CT molecular complexity index is 1240. The number of aryl methyl sites for hydroxylation is 1. The average Bonchev–Trinajstić information content (AvgIpc) is 3.47. The fraction of sp³-hybridized carbons (Fsp3) is 0.235. The molecule has 0 unspecified atom stereocenters. The van der Waals surface area contributed by atoms with Crippen LogP contribution in [0.4, 0.5) is 0 Å². The van der Waals surface area contributed by atoms with E-state index in [0.717, 1.165) is 17.5 Å². The molecule has 1 saturated carbocycles. The summed E-state index contributed by atoms with van der Waals surface area (Å²) in [6, 6.07) is 4.40. The second-order valence-corrected chi connectivity index (χ2v) is 7.18. The molecule has 4 rings (SSSR count). The van der Waals surface area contributed by atoms with Gasteiger partial charge in [-0.15, -0.1) is 5.10 Å². The van der Waals surface area contributed by atoms with Crippen LogP contribution in [0.25, 0.3) is 5.69 Å². The molecule has 0 spiro atoms. The molecule has 0 radical (unpaired) electrons. The fourth-order valence-electron chi connectivity index (χ4n) is 2.68. The van der Waals surface area contributed by atoms with Gasteiger partial charge in [0.1, 0.15) is 5.69 Å². The van der Waals surface area contributed by atoms with Crippen LogP contribution in [0.3, 0.4) is 0 Å². The van der Waals surface area contributed by atoms with Crippen molar-refractivity contribution in [2.75, 3.05) is 0 Å². The summed E-state index contributed by atoms with van der Waals surface area (Å²) in [6.45, 7) is 1.47. The van der Waals surface area contributed by atoms with E-state index in [1.807, 2.05) is 0 Å². The molecule has 1 aliphatic carbocycles. The van der Waals surface area contributed by atoms with Crippen LogP contribution in [0.15, 0.2) is 32.6 Å². The number of benzene rings is 1. The van der Waals surface area contributed by atoms with Gasteiger partial charge in [-0.25, -0.2) is 9.89 Å². The number of nitrogens with zero attached hydrogens (tertiary/aromatic N) is 3. The molecule has 1 aromatic carbocycles. The third-order valence-electron chi connectivity index (χ3n) is 4.25. The van der Waals surface area contributed by atoms with E-state index in [2.05, 4.69) is 20.3 Å². The number of hydrogen-bond donors (Lipinski definition) is 2. The minimum Gasteiger partial charge on any atom is -0.434 e. The molecule has 0 bridgehead atoms. The maximum atomic E-state index is 12.0. The summed E-state index contributed by atoms with van der Waals surface area (Å²) in [7, 11) is 0. The van der Waals surface area contributed by atoms with Gasteiger partial charge in [0.05, 0.1) is 15.7 Å². The van der Waals surface area contributed by atoms with E-state index in [9.17, 15) is 14.4 Å². The second kappa shape index (κ2) is 6.92. The summed E-state index contributed by atoms with van der Waals surface area (Å²) in [6.07, 6.45) is 1.89. The van der Waals surface area contributed by atoms with Crippen LogP contribution in [0.2, 0.25) is 10.0 Å². The average molecular weight is 422 g/mol. The largest absolute Gasteiger partial charge is 0.434 e. The molecule has 1 fully saturated rings. The highest BCUT2D eigenvalue weighted by molar-refractivity contribution is 6.37. The summed E-state index contributed by atoms with van der Waals surface area (Å²) in [5, 5.41) is 10.4. The van der Waals surface area contributed by atoms with Gasteiger partial charge in [0, 0.05) is 11.6 Å². The zero-order valence-corrected chi connectivity index (χ0v) is 16.0. The Morgan fingerprint density at radius 1 is 1.11 bits per heavy atom. The van der Waals surface area contributed by atoms with Crippen molar-refractivity contribution in [1.29, 1.82) is 0 Å². The van der Waals surface area contributed by atoms with Crippen molar-refractivity contribution in [3.63, 3.8) is 0 Å². The van der Waals surface area contributed by atoms with E-state index in [4.69, 9.17) is 27.9 Å². The third kappa shape index (κ3) is 3.46. The van der Waals surface area contributed by atoms with Gasteiger partial charge in [-0.3, -0.25) is 14.6 Å². The predicted molar refractivity (Wildman–Crippen MR) is 102 cm³/mol. The van der Waals surface area contributed by atoms with Crippen LogP contribution in [0.1, 0.15) is 30.0 Å². The Balaban J connectivity index is 1.72. The van der Waals surface area contributed by atoms with E-state index < -0.39 is 11.2 Å². The van der Waals surface area contributed by atoms with Gasteiger partial charge in [-0.1, -0.05) is 23.2 Å². The van der Waals surface area contributed by atoms with Crippen molar-refractivity contribution in [3.05, 3.63) is 70.7 Å². The monoisotopic (exact) mass is 421 g/mol. The first kappa shape index (κ1) is 18.5. The standard InChI is InChI=1S/C17H13Cl2N5O4/c1-7-15(25)20-17(27)24(23-7)9-4-11(18)14(12(19)5-9)28-13-6-10(8-2-3-8)16(26)22-21-13/h4-6,8H,2-3H2,1H3,(H,22,26)(H,20,25,27). The van der Waals surface area contributed by atoms with E-state index in [1.54, 1.807) is 6.07 Å². The molecule has 3 aromatic rings. The van der Waals surface area contributed by atoms with Gasteiger partial charge in [-0.2, -0.15) is 9.78 Å². The summed E-state index contributed by atoms with van der Waals surface area (Å²) >= 11 is 12.6. The summed E-state index contributed by atoms with van der Waals surface area (Å²) in [5.41, 5.74) is -0.589. The van der Waals surface area contributed by atoms with Crippen molar-refractivity contribution in [1.82, 2.24) is 25.0 Å². The van der Waals surface area contributed by atoms with E-state index in [0.29, 0.717) is 5.56 Å². The van der Waals surface area contributed by atoms with E-state index in [-0.39, 0.29) is 44.5 Å². The normalized spacial score (nSPS) is 13.5. The third-order valence-corrected chi connectivity index (χ3v) is 4.81. The highest BCUT2D eigenvalue weighted by atomic mass is 35.5. The van der Waals surface area contributed by atoms with Crippen molar-refractivity contribution in [2.45, 2.75) is 25.7 Å². The van der Waals surface area contributed by atoms with Crippen LogP contribution in [-0.4, -0.2) is 25.0 Å². The Morgan fingerprint density at radius 3 is 2.43 bits per heavy atom. The Morgan fingerprint density at radius 2 is 1.79 bits per heavy atom. The molecule has 2 heterocycles. The van der Waals surface area contributed by atoms with Gasteiger partial charge < -0.3 is 4.74 Å². The zero-order valence-electron chi connectivity index (χ0n) is 14.5. The lowest BCUT2D eigenvalue weighted by Gasteiger charge is -2.12. The summed E-state index contributed by atoms with van der Waals surface area (Å²) < 4.78 is 6.64. The lowest BCUT2D eigenvalue weighted by Crippen LogP contribution is -2.32. The highest BCUT2D eigenvalue weighted by Crippen LogP contribution is 2.40. The SMILES string of the molecule is Cc1nn(-c2cc(Cl)c(Oc3cc(C4CC4)c(=O)[nH]n3)c(Cl)c2)c(=O)[nH]c1=O. The number of H-pyrrole nitrogens is 2. The lowest BCUT2D eigenvalue weighted by atomic mass is 10.2. The molecule has 0 saturated heterocycles. The smallest absolute Gasteiger partial charge is 0.349 e. The summed E-state index contributed by atoms with van der Waals surface area (Å²) in [4.78, 5) is 37.5. The van der Waals surface area contributed by atoms with Crippen molar-refractivity contribution >= 4 is 23.2 Å². The van der Waals surface area contributed by atoms with Gasteiger partial charge in [0.15, 0.2) is 5.75 Å². The maximum Gasteiger partial charge on any atom is 0.349 e. The molecular formula is C17H13Cl2N5O4. The molecule has 144 valence electrons. The molecule has 1 aliphatic rings. The second-order valence-electron chi connectivity index (χ2n) is 6.36. The molecule has 11 heteroatoms. The number of rotatable bonds is 4. The van der Waals surface area contributed by atoms with Gasteiger partial charge in [0.2, 0.25) is 5.88 Å². The van der Waals surface area contributed by atoms with Crippen LogP contribution in [0, 0.1) is 6.92 Å².